The number of carbonyl (C=O) groups is 1. The first-order valence-electron chi connectivity index (χ1n) is 6.41. The van der Waals surface area contributed by atoms with E-state index >= 15 is 0 Å². The summed E-state index contributed by atoms with van der Waals surface area (Å²) < 4.78 is 41.4. The maximum atomic E-state index is 12.0. The van der Waals surface area contributed by atoms with Gasteiger partial charge in [-0.3, -0.25) is 4.79 Å². The Balaban J connectivity index is 2.29. The zero-order chi connectivity index (χ0) is 16.0. The van der Waals surface area contributed by atoms with Crippen LogP contribution in [0.1, 0.15) is 17.5 Å². The zero-order valence-electron chi connectivity index (χ0n) is 11.8. The summed E-state index contributed by atoms with van der Waals surface area (Å²) in [5.74, 6) is -0.0108. The van der Waals surface area contributed by atoms with Crippen molar-refractivity contribution in [3.8, 4) is 5.75 Å². The van der Waals surface area contributed by atoms with Crippen LogP contribution >= 0.6 is 0 Å². The molecular formula is C14H18F3NO3. The van der Waals surface area contributed by atoms with Crippen molar-refractivity contribution in [2.45, 2.75) is 32.5 Å². The molecule has 0 bridgehead atoms. The Morgan fingerprint density at radius 3 is 2.57 bits per heavy atom. The largest absolute Gasteiger partial charge is 0.493 e. The molecule has 0 aliphatic carbocycles. The number of aliphatic hydroxyl groups is 1. The molecule has 1 aromatic carbocycles. The molecule has 7 heteroatoms. The van der Waals surface area contributed by atoms with Crippen LogP contribution in [0.25, 0.3) is 0 Å². The number of alkyl halides is 3. The highest BCUT2D eigenvalue weighted by atomic mass is 19.4. The van der Waals surface area contributed by atoms with Crippen molar-refractivity contribution in [3.63, 3.8) is 0 Å². The number of aryl methyl sites for hydroxylation is 2. The van der Waals surface area contributed by atoms with Crippen LogP contribution in [0, 0.1) is 13.8 Å². The first-order chi connectivity index (χ1) is 9.70. The number of ether oxygens (including phenoxy) is 1. The number of rotatable bonds is 6. The van der Waals surface area contributed by atoms with Crippen molar-refractivity contribution in [2.24, 2.45) is 0 Å². The quantitative estimate of drug-likeness (QED) is 0.846. The van der Waals surface area contributed by atoms with E-state index in [9.17, 15) is 18.0 Å². The summed E-state index contributed by atoms with van der Waals surface area (Å²) in [6.45, 7) is 3.08. The predicted octanol–water partition coefficient (Wildman–Crippen LogP) is 2.11. The predicted molar refractivity (Wildman–Crippen MR) is 71.1 cm³/mol. The monoisotopic (exact) mass is 305 g/mol. The van der Waals surface area contributed by atoms with Gasteiger partial charge in [0.2, 0.25) is 5.91 Å². The third kappa shape index (κ3) is 6.03. The van der Waals surface area contributed by atoms with Gasteiger partial charge >= 0.3 is 6.18 Å². The Kier molecular flexibility index (Phi) is 6.02. The van der Waals surface area contributed by atoms with Crippen molar-refractivity contribution in [1.29, 1.82) is 0 Å². The van der Waals surface area contributed by atoms with Crippen molar-refractivity contribution in [3.05, 3.63) is 29.3 Å². The Morgan fingerprint density at radius 1 is 1.33 bits per heavy atom. The second-order valence-electron chi connectivity index (χ2n) is 4.71. The number of nitrogens with one attached hydrogen (secondary N) is 1. The van der Waals surface area contributed by atoms with E-state index in [0.29, 0.717) is 5.75 Å². The highest BCUT2D eigenvalue weighted by Gasteiger charge is 2.38. The normalized spacial score (nSPS) is 12.9. The van der Waals surface area contributed by atoms with Crippen molar-refractivity contribution in [1.82, 2.24) is 5.32 Å². The van der Waals surface area contributed by atoms with Crippen molar-refractivity contribution < 1.29 is 27.8 Å². The Morgan fingerprint density at radius 2 is 2.00 bits per heavy atom. The van der Waals surface area contributed by atoms with E-state index < -0.39 is 24.7 Å². The van der Waals surface area contributed by atoms with Gasteiger partial charge in [-0.25, -0.2) is 0 Å². The van der Waals surface area contributed by atoms with E-state index in [2.05, 4.69) is 0 Å². The van der Waals surface area contributed by atoms with Crippen LogP contribution < -0.4 is 10.1 Å². The van der Waals surface area contributed by atoms with E-state index in [1.807, 2.05) is 31.3 Å². The van der Waals surface area contributed by atoms with Gasteiger partial charge in [-0.15, -0.1) is 0 Å². The lowest BCUT2D eigenvalue weighted by Gasteiger charge is -2.15. The molecule has 118 valence electrons. The fourth-order valence-corrected chi connectivity index (χ4v) is 1.48. The maximum Gasteiger partial charge on any atom is 0.416 e. The highest BCUT2D eigenvalue weighted by molar-refractivity contribution is 5.76. The minimum Gasteiger partial charge on any atom is -0.493 e. The molecule has 21 heavy (non-hydrogen) atoms. The number of carbonyl (C=O) groups excluding carboxylic acids is 1. The van der Waals surface area contributed by atoms with Crippen molar-refractivity contribution in [2.75, 3.05) is 13.2 Å². The highest BCUT2D eigenvalue weighted by Crippen LogP contribution is 2.19. The molecule has 0 radical (unpaired) electrons. The molecule has 1 unspecified atom stereocenters. The Hall–Kier alpha value is -1.76. The van der Waals surface area contributed by atoms with Crippen LogP contribution in [0.5, 0.6) is 5.75 Å². The van der Waals surface area contributed by atoms with Gasteiger partial charge in [0.25, 0.3) is 0 Å². The zero-order valence-corrected chi connectivity index (χ0v) is 11.8. The summed E-state index contributed by atoms with van der Waals surface area (Å²) in [4.78, 5) is 11.3. The molecule has 1 amide bonds. The van der Waals surface area contributed by atoms with Gasteiger partial charge in [-0.1, -0.05) is 6.07 Å². The van der Waals surface area contributed by atoms with Crippen LogP contribution in [0.3, 0.4) is 0 Å². The third-order valence-electron chi connectivity index (χ3n) is 2.95. The van der Waals surface area contributed by atoms with Crippen LogP contribution in [-0.2, 0) is 4.79 Å². The Labute approximate surface area is 120 Å². The molecule has 0 aliphatic heterocycles. The van der Waals surface area contributed by atoms with E-state index in [1.54, 1.807) is 6.07 Å². The first-order valence-corrected chi connectivity index (χ1v) is 6.41. The number of benzene rings is 1. The van der Waals surface area contributed by atoms with Crippen LogP contribution in [-0.4, -0.2) is 36.4 Å². The van der Waals surface area contributed by atoms with Gasteiger partial charge in [0, 0.05) is 0 Å². The summed E-state index contributed by atoms with van der Waals surface area (Å²) in [6, 6.07) is 5.46. The molecule has 0 saturated carbocycles. The second-order valence-corrected chi connectivity index (χ2v) is 4.71. The van der Waals surface area contributed by atoms with Gasteiger partial charge < -0.3 is 15.2 Å². The minimum atomic E-state index is -4.73. The molecule has 0 fully saturated rings. The van der Waals surface area contributed by atoms with Crippen LogP contribution in [0.4, 0.5) is 13.2 Å². The van der Waals surface area contributed by atoms with Gasteiger partial charge in [-0.05, 0) is 37.1 Å². The topological polar surface area (TPSA) is 58.6 Å². The number of aliphatic hydroxyl groups excluding tert-OH is 1. The number of hydrogen-bond acceptors (Lipinski definition) is 3. The molecule has 0 heterocycles. The van der Waals surface area contributed by atoms with Crippen LogP contribution in [0.15, 0.2) is 18.2 Å². The molecule has 0 spiro atoms. The minimum absolute atomic E-state index is 0.0520. The summed E-state index contributed by atoms with van der Waals surface area (Å²) in [6.07, 6.45) is -7.37. The lowest BCUT2D eigenvalue weighted by molar-refractivity contribution is -0.201. The van der Waals surface area contributed by atoms with Crippen LogP contribution in [0.2, 0.25) is 0 Å². The molecule has 0 aliphatic rings. The van der Waals surface area contributed by atoms with E-state index in [1.165, 1.54) is 0 Å². The standard InChI is InChI=1S/C14H18F3NO3/c1-9-3-4-11(7-10(9)2)21-6-5-13(20)18-8-12(19)14(15,16)17/h3-4,7,12,19H,5-6,8H2,1-2H3,(H,18,20). The maximum absolute atomic E-state index is 12.0. The molecular weight excluding hydrogens is 287 g/mol. The lowest BCUT2D eigenvalue weighted by Crippen LogP contribution is -2.40. The Bertz CT molecular complexity index is 489. The fourth-order valence-electron chi connectivity index (χ4n) is 1.48. The van der Waals surface area contributed by atoms with E-state index in [0.717, 1.165) is 11.1 Å². The first kappa shape index (κ1) is 17.3. The fraction of sp³-hybridized carbons (Fsp3) is 0.500. The van der Waals surface area contributed by atoms with Gasteiger partial charge in [-0.2, -0.15) is 13.2 Å². The lowest BCUT2D eigenvalue weighted by atomic mass is 10.1. The number of halogens is 3. The SMILES string of the molecule is Cc1ccc(OCCC(=O)NCC(O)C(F)(F)F)cc1C. The molecule has 1 atom stereocenters. The summed E-state index contributed by atoms with van der Waals surface area (Å²) >= 11 is 0. The average Bonchev–Trinajstić information content (AvgIpc) is 2.39. The third-order valence-corrected chi connectivity index (χ3v) is 2.95. The second kappa shape index (κ2) is 7.31. The van der Waals surface area contributed by atoms with E-state index in [-0.39, 0.29) is 13.0 Å². The molecule has 4 nitrogen and oxygen atoms in total. The number of hydrogen-bond donors (Lipinski definition) is 2. The summed E-state index contributed by atoms with van der Waals surface area (Å²) in [5.41, 5.74) is 2.16. The smallest absolute Gasteiger partial charge is 0.416 e. The summed E-state index contributed by atoms with van der Waals surface area (Å²) in [5, 5.41) is 10.7. The summed E-state index contributed by atoms with van der Waals surface area (Å²) in [7, 11) is 0. The van der Waals surface area contributed by atoms with Gasteiger partial charge in [0.05, 0.1) is 19.6 Å². The average molecular weight is 305 g/mol. The van der Waals surface area contributed by atoms with Gasteiger partial charge in [0.1, 0.15) is 5.75 Å². The molecule has 1 rings (SSSR count). The number of amides is 1. The van der Waals surface area contributed by atoms with E-state index in [4.69, 9.17) is 9.84 Å². The van der Waals surface area contributed by atoms with Gasteiger partial charge in [0.15, 0.2) is 6.10 Å². The molecule has 0 aromatic heterocycles. The molecule has 2 N–H and O–H groups in total. The van der Waals surface area contributed by atoms with Crippen molar-refractivity contribution >= 4 is 5.91 Å². The molecule has 0 saturated heterocycles. The molecule has 1 aromatic rings.